The van der Waals surface area contributed by atoms with Crippen LogP contribution in [0.4, 0.5) is 0 Å². The molecule has 1 aromatic carbocycles. The zero-order chi connectivity index (χ0) is 24.2. The molecule has 0 fully saturated rings. The SMILES string of the molecule is CN(C)CCCNCc1ccc(-c2ccc3ncn(CC4C=Cc5ncccc5C4)c3n2)cc1Cl. The van der Waals surface area contributed by atoms with Crippen LogP contribution in [0.15, 0.2) is 61.1 Å². The predicted octanol–water partition coefficient (Wildman–Crippen LogP) is 5.07. The summed E-state index contributed by atoms with van der Waals surface area (Å²) in [5, 5.41) is 4.24. The van der Waals surface area contributed by atoms with Gasteiger partial charge in [0.2, 0.25) is 0 Å². The van der Waals surface area contributed by atoms with Crippen LogP contribution in [0.5, 0.6) is 0 Å². The van der Waals surface area contributed by atoms with Crippen LogP contribution in [-0.4, -0.2) is 51.6 Å². The number of fused-ring (bicyclic) bond motifs is 2. The molecule has 7 heteroatoms. The fraction of sp³-hybridized carbons (Fsp3) is 0.321. The van der Waals surface area contributed by atoms with E-state index in [9.17, 15) is 0 Å². The molecule has 4 aromatic rings. The van der Waals surface area contributed by atoms with E-state index in [2.05, 4.69) is 69.2 Å². The third-order valence-corrected chi connectivity index (χ3v) is 6.80. The van der Waals surface area contributed by atoms with Crippen molar-refractivity contribution in [1.82, 2.24) is 29.7 Å². The van der Waals surface area contributed by atoms with Gasteiger partial charge in [-0.2, -0.15) is 0 Å². The lowest BCUT2D eigenvalue weighted by atomic mass is 9.92. The number of hydrogen-bond donors (Lipinski definition) is 1. The van der Waals surface area contributed by atoms with E-state index in [1.807, 2.05) is 36.8 Å². The van der Waals surface area contributed by atoms with Gasteiger partial charge in [-0.1, -0.05) is 35.9 Å². The fourth-order valence-corrected chi connectivity index (χ4v) is 4.80. The molecular weight excluding hydrogens is 456 g/mol. The van der Waals surface area contributed by atoms with Crippen LogP contribution in [0.2, 0.25) is 5.02 Å². The van der Waals surface area contributed by atoms with Gasteiger partial charge in [0, 0.05) is 29.9 Å². The van der Waals surface area contributed by atoms with Gasteiger partial charge in [-0.05, 0) is 87.4 Å². The summed E-state index contributed by atoms with van der Waals surface area (Å²) in [6.07, 6.45) is 10.2. The number of allylic oxidation sites excluding steroid dienone is 1. The van der Waals surface area contributed by atoms with E-state index < -0.39 is 0 Å². The van der Waals surface area contributed by atoms with Crippen molar-refractivity contribution in [3.05, 3.63) is 82.9 Å². The van der Waals surface area contributed by atoms with Crippen LogP contribution in [0.25, 0.3) is 28.5 Å². The molecule has 0 saturated heterocycles. The molecule has 6 nitrogen and oxygen atoms in total. The Balaban J connectivity index is 1.29. The lowest BCUT2D eigenvalue weighted by molar-refractivity contribution is 0.394. The van der Waals surface area contributed by atoms with Crippen LogP contribution in [0.1, 0.15) is 23.2 Å². The first-order valence-electron chi connectivity index (χ1n) is 12.1. The number of nitrogens with one attached hydrogen (secondary N) is 1. The van der Waals surface area contributed by atoms with E-state index in [4.69, 9.17) is 16.6 Å². The Kier molecular flexibility index (Phi) is 7.23. The zero-order valence-electron chi connectivity index (χ0n) is 20.3. The molecular formula is C28H31ClN6. The first-order chi connectivity index (χ1) is 17.1. The molecule has 35 heavy (non-hydrogen) atoms. The lowest BCUT2D eigenvalue weighted by Gasteiger charge is -2.19. The predicted molar refractivity (Wildman–Crippen MR) is 143 cm³/mol. The molecule has 1 unspecified atom stereocenters. The van der Waals surface area contributed by atoms with Gasteiger partial charge < -0.3 is 14.8 Å². The van der Waals surface area contributed by atoms with Gasteiger partial charge in [-0.25, -0.2) is 9.97 Å². The third-order valence-electron chi connectivity index (χ3n) is 6.45. The third kappa shape index (κ3) is 5.61. The van der Waals surface area contributed by atoms with Crippen molar-refractivity contribution in [2.75, 3.05) is 27.2 Å². The maximum atomic E-state index is 6.63. The molecule has 0 aliphatic heterocycles. The minimum absolute atomic E-state index is 0.383. The molecule has 1 aliphatic rings. The Morgan fingerprint density at radius 1 is 1.14 bits per heavy atom. The highest BCUT2D eigenvalue weighted by molar-refractivity contribution is 6.31. The van der Waals surface area contributed by atoms with Crippen molar-refractivity contribution < 1.29 is 0 Å². The molecule has 3 aromatic heterocycles. The summed E-state index contributed by atoms with van der Waals surface area (Å²) >= 11 is 6.63. The second-order valence-corrected chi connectivity index (χ2v) is 9.85. The maximum absolute atomic E-state index is 6.63. The highest BCUT2D eigenvalue weighted by Gasteiger charge is 2.17. The highest BCUT2D eigenvalue weighted by Crippen LogP contribution is 2.27. The summed E-state index contributed by atoms with van der Waals surface area (Å²) in [7, 11) is 4.19. The smallest absolute Gasteiger partial charge is 0.160 e. The van der Waals surface area contributed by atoms with E-state index in [1.54, 1.807) is 0 Å². The zero-order valence-corrected chi connectivity index (χ0v) is 21.0. The molecule has 0 saturated carbocycles. The van der Waals surface area contributed by atoms with Crippen LogP contribution < -0.4 is 5.32 Å². The molecule has 0 amide bonds. The summed E-state index contributed by atoms with van der Waals surface area (Å²) in [5.74, 6) is 0.383. The number of benzene rings is 1. The number of halogens is 1. The first-order valence-corrected chi connectivity index (χ1v) is 12.5. The van der Waals surface area contributed by atoms with Crippen LogP contribution in [-0.2, 0) is 19.5 Å². The van der Waals surface area contributed by atoms with Crippen LogP contribution >= 0.6 is 11.6 Å². The second-order valence-electron chi connectivity index (χ2n) is 9.45. The average Bonchev–Trinajstić information content (AvgIpc) is 3.26. The summed E-state index contributed by atoms with van der Waals surface area (Å²) < 4.78 is 2.16. The number of rotatable bonds is 9. The van der Waals surface area contributed by atoms with Crippen molar-refractivity contribution in [3.8, 4) is 11.3 Å². The topological polar surface area (TPSA) is 58.9 Å². The van der Waals surface area contributed by atoms with E-state index in [-0.39, 0.29) is 0 Å². The molecule has 1 aliphatic carbocycles. The summed E-state index contributed by atoms with van der Waals surface area (Å²) in [4.78, 5) is 16.2. The minimum Gasteiger partial charge on any atom is -0.315 e. The van der Waals surface area contributed by atoms with Gasteiger partial charge in [0.05, 0.1) is 17.7 Å². The van der Waals surface area contributed by atoms with E-state index >= 15 is 0 Å². The standard InChI is InChI=1S/C28H31ClN6/c1-34(2)14-4-12-30-17-23-8-7-22(16-24(23)29)26-10-11-27-28(33-26)35(19-32-27)18-20-6-9-25-21(15-20)5-3-13-31-25/h3,5-11,13,16,19-20,30H,4,12,14-15,17-18H2,1-2H3. The first kappa shape index (κ1) is 23.7. The number of hydrogen-bond acceptors (Lipinski definition) is 5. The molecule has 1 N–H and O–H groups in total. The van der Waals surface area contributed by atoms with Crippen molar-refractivity contribution in [1.29, 1.82) is 0 Å². The van der Waals surface area contributed by atoms with Crippen molar-refractivity contribution in [3.63, 3.8) is 0 Å². The quantitative estimate of drug-likeness (QED) is 0.334. The molecule has 0 radical (unpaired) electrons. The second kappa shape index (κ2) is 10.7. The van der Waals surface area contributed by atoms with Gasteiger partial charge in [0.15, 0.2) is 5.65 Å². The molecule has 0 spiro atoms. The lowest BCUT2D eigenvalue weighted by Crippen LogP contribution is -2.21. The van der Waals surface area contributed by atoms with Crippen LogP contribution in [0, 0.1) is 5.92 Å². The Hall–Kier alpha value is -3.06. The van der Waals surface area contributed by atoms with Gasteiger partial charge in [0.25, 0.3) is 0 Å². The Bertz CT molecular complexity index is 1340. The van der Waals surface area contributed by atoms with Crippen molar-refractivity contribution in [2.45, 2.75) is 25.9 Å². The molecule has 5 rings (SSSR count). The minimum atomic E-state index is 0.383. The number of imidazole rings is 1. The summed E-state index contributed by atoms with van der Waals surface area (Å²) in [5.41, 5.74) is 7.18. The van der Waals surface area contributed by atoms with E-state index in [1.165, 1.54) is 5.56 Å². The summed E-state index contributed by atoms with van der Waals surface area (Å²) in [6, 6.07) is 14.4. The molecule has 1 atom stereocenters. The highest BCUT2D eigenvalue weighted by atomic mass is 35.5. The van der Waals surface area contributed by atoms with Gasteiger partial charge in [-0.3, -0.25) is 4.98 Å². The number of aromatic nitrogens is 4. The number of pyridine rings is 2. The largest absolute Gasteiger partial charge is 0.315 e. The normalized spacial score (nSPS) is 15.1. The van der Waals surface area contributed by atoms with Crippen LogP contribution in [0.3, 0.4) is 0 Å². The Morgan fingerprint density at radius 3 is 2.91 bits per heavy atom. The molecule has 3 heterocycles. The van der Waals surface area contributed by atoms with Crippen molar-refractivity contribution >= 4 is 28.8 Å². The van der Waals surface area contributed by atoms with Gasteiger partial charge in [0.1, 0.15) is 5.52 Å². The Labute approximate surface area is 211 Å². The maximum Gasteiger partial charge on any atom is 0.160 e. The van der Waals surface area contributed by atoms with Gasteiger partial charge in [-0.15, -0.1) is 0 Å². The Morgan fingerprint density at radius 2 is 2.06 bits per heavy atom. The molecule has 0 bridgehead atoms. The van der Waals surface area contributed by atoms with E-state index in [0.717, 1.165) is 77.7 Å². The monoisotopic (exact) mass is 486 g/mol. The number of nitrogens with zero attached hydrogens (tertiary/aromatic N) is 5. The van der Waals surface area contributed by atoms with Crippen molar-refractivity contribution in [2.24, 2.45) is 5.92 Å². The average molecular weight is 487 g/mol. The molecule has 180 valence electrons. The van der Waals surface area contributed by atoms with E-state index in [0.29, 0.717) is 5.92 Å². The summed E-state index contributed by atoms with van der Waals surface area (Å²) in [6.45, 7) is 3.64. The van der Waals surface area contributed by atoms with Gasteiger partial charge >= 0.3 is 0 Å². The fourth-order valence-electron chi connectivity index (χ4n) is 4.56.